The maximum absolute atomic E-state index is 12.0. The molecular weight excluding hydrogens is 276 g/mol. The molecule has 4 N–H and O–H groups in total. The first kappa shape index (κ1) is 15.7. The topological polar surface area (TPSA) is 111 Å². The largest absolute Gasteiger partial charge is 0.437 e. The monoisotopic (exact) mass is 296 g/mol. The van der Waals surface area contributed by atoms with Gasteiger partial charge in [0, 0.05) is 0 Å². The minimum Gasteiger partial charge on any atom is -0.437 e. The molecule has 2 rings (SSSR count). The van der Waals surface area contributed by atoms with Crippen LogP contribution in [0.1, 0.15) is 19.8 Å². The zero-order valence-electron chi connectivity index (χ0n) is 12.0. The third kappa shape index (κ3) is 2.72. The Morgan fingerprint density at radius 2 is 2.10 bits per heavy atom. The Balaban J connectivity index is 2.44. The Labute approximate surface area is 122 Å². The summed E-state index contributed by atoms with van der Waals surface area (Å²) in [5.74, 6) is -4.14. The van der Waals surface area contributed by atoms with Crippen molar-refractivity contribution in [2.75, 3.05) is 7.05 Å². The van der Waals surface area contributed by atoms with Crippen LogP contribution >= 0.6 is 0 Å². The molecule has 1 heterocycles. The van der Waals surface area contributed by atoms with Crippen LogP contribution in [0.15, 0.2) is 24.3 Å². The molecule has 0 radical (unpaired) electrons. The number of allylic oxidation sites excluding steroid dienone is 3. The number of carbonyl (C=O) groups is 2. The number of rotatable bonds is 2. The number of hydrogen-bond acceptors (Lipinski definition) is 7. The summed E-state index contributed by atoms with van der Waals surface area (Å²) in [4.78, 5) is 23.8. The van der Waals surface area contributed by atoms with E-state index in [1.165, 1.54) is 14.0 Å². The van der Waals surface area contributed by atoms with Gasteiger partial charge in [0.2, 0.25) is 5.72 Å². The van der Waals surface area contributed by atoms with Crippen LogP contribution in [0.2, 0.25) is 0 Å². The van der Waals surface area contributed by atoms with Gasteiger partial charge in [-0.05, 0) is 20.4 Å². The average Bonchev–Trinajstić information content (AvgIpc) is 2.46. The average molecular weight is 296 g/mol. The van der Waals surface area contributed by atoms with Gasteiger partial charge in [-0.3, -0.25) is 14.9 Å². The van der Waals surface area contributed by atoms with Gasteiger partial charge in [-0.25, -0.2) is 0 Å². The quantitative estimate of drug-likeness (QED) is 0.592. The third-order valence-electron chi connectivity index (χ3n) is 3.91. The van der Waals surface area contributed by atoms with Crippen molar-refractivity contribution in [1.82, 2.24) is 5.32 Å². The molecule has 7 nitrogen and oxygen atoms in total. The van der Waals surface area contributed by atoms with E-state index in [4.69, 9.17) is 15.2 Å². The molecule has 4 atom stereocenters. The SMILES string of the molecule is CN[C@@]1(C)OC(=O)CC(N)C(=O)O[C@]1(O)C1C=CC=CC1. The summed E-state index contributed by atoms with van der Waals surface area (Å²) in [7, 11) is 1.51. The fraction of sp³-hybridized carbons (Fsp3) is 0.571. The van der Waals surface area contributed by atoms with E-state index in [-0.39, 0.29) is 6.42 Å². The van der Waals surface area contributed by atoms with Crippen molar-refractivity contribution in [2.45, 2.75) is 37.3 Å². The standard InChI is InChI=1S/C14H20N2O5/c1-13(16-2)14(19,9-6-4-3-5-7-9)21-12(18)10(15)8-11(17)20-13/h3-6,9-10,16,19H,7-8,15H2,1-2H3/t9?,10?,13-,14+/m0/s1. The highest BCUT2D eigenvalue weighted by atomic mass is 16.7. The van der Waals surface area contributed by atoms with Crippen LogP contribution in [-0.4, -0.2) is 41.6 Å². The molecule has 1 aliphatic carbocycles. The third-order valence-corrected chi connectivity index (χ3v) is 3.91. The van der Waals surface area contributed by atoms with Crippen LogP contribution in [0.25, 0.3) is 0 Å². The lowest BCUT2D eigenvalue weighted by molar-refractivity contribution is -0.314. The number of cyclic esters (lactones) is 2. The van der Waals surface area contributed by atoms with Gasteiger partial charge in [0.1, 0.15) is 6.04 Å². The van der Waals surface area contributed by atoms with Crippen molar-refractivity contribution < 1.29 is 24.2 Å². The Kier molecular flexibility index (Phi) is 4.18. The first-order valence-electron chi connectivity index (χ1n) is 6.77. The summed E-state index contributed by atoms with van der Waals surface area (Å²) in [6.07, 6.45) is 7.21. The minimum atomic E-state index is -2.06. The van der Waals surface area contributed by atoms with E-state index in [2.05, 4.69) is 5.32 Å². The van der Waals surface area contributed by atoms with Crippen LogP contribution in [0.3, 0.4) is 0 Å². The van der Waals surface area contributed by atoms with Gasteiger partial charge in [0.05, 0.1) is 12.3 Å². The number of hydrogen-bond donors (Lipinski definition) is 3. The molecule has 0 aromatic heterocycles. The van der Waals surface area contributed by atoms with Crippen LogP contribution < -0.4 is 11.1 Å². The van der Waals surface area contributed by atoms with Gasteiger partial charge in [-0.2, -0.15) is 0 Å². The summed E-state index contributed by atoms with van der Waals surface area (Å²) >= 11 is 0. The lowest BCUT2D eigenvalue weighted by Crippen LogP contribution is -2.69. The Hall–Kier alpha value is -1.70. The predicted octanol–water partition coefficient (Wildman–Crippen LogP) is -0.440. The zero-order valence-corrected chi connectivity index (χ0v) is 12.0. The molecule has 21 heavy (non-hydrogen) atoms. The molecule has 116 valence electrons. The molecule has 0 saturated carbocycles. The molecule has 2 unspecified atom stereocenters. The van der Waals surface area contributed by atoms with Gasteiger partial charge in [-0.1, -0.05) is 24.3 Å². The van der Waals surface area contributed by atoms with Gasteiger partial charge in [-0.15, -0.1) is 0 Å². The van der Waals surface area contributed by atoms with Crippen molar-refractivity contribution in [3.63, 3.8) is 0 Å². The predicted molar refractivity (Wildman–Crippen MR) is 73.6 cm³/mol. The van der Waals surface area contributed by atoms with E-state index in [1.807, 2.05) is 12.2 Å². The molecule has 0 spiro atoms. The first-order valence-corrected chi connectivity index (χ1v) is 6.77. The number of aliphatic hydroxyl groups is 1. The van der Waals surface area contributed by atoms with E-state index >= 15 is 0 Å². The second-order valence-electron chi connectivity index (χ2n) is 5.34. The van der Waals surface area contributed by atoms with E-state index in [9.17, 15) is 14.7 Å². The first-order chi connectivity index (χ1) is 9.82. The summed E-state index contributed by atoms with van der Waals surface area (Å²) in [5, 5.41) is 13.7. The highest BCUT2D eigenvalue weighted by Gasteiger charge is 2.58. The van der Waals surface area contributed by atoms with Crippen LogP contribution in [-0.2, 0) is 19.1 Å². The molecule has 0 aromatic rings. The molecule has 0 aromatic carbocycles. The van der Waals surface area contributed by atoms with Crippen LogP contribution in [0.5, 0.6) is 0 Å². The number of carbonyl (C=O) groups excluding carboxylic acids is 2. The van der Waals surface area contributed by atoms with E-state index in [1.54, 1.807) is 12.2 Å². The van der Waals surface area contributed by atoms with Crippen LogP contribution in [0, 0.1) is 5.92 Å². The van der Waals surface area contributed by atoms with E-state index < -0.39 is 35.4 Å². The van der Waals surface area contributed by atoms with Crippen molar-refractivity contribution in [3.05, 3.63) is 24.3 Å². The van der Waals surface area contributed by atoms with Crippen molar-refractivity contribution >= 4 is 11.9 Å². The maximum atomic E-state index is 12.0. The lowest BCUT2D eigenvalue weighted by atomic mass is 9.84. The normalized spacial score (nSPS) is 40.2. The lowest BCUT2D eigenvalue weighted by Gasteiger charge is -2.47. The molecule has 2 aliphatic rings. The number of nitrogens with two attached hydrogens (primary N) is 1. The van der Waals surface area contributed by atoms with Gasteiger partial charge in [0.15, 0.2) is 0 Å². The highest BCUT2D eigenvalue weighted by molar-refractivity contribution is 5.83. The summed E-state index contributed by atoms with van der Waals surface area (Å²) in [6.45, 7) is 1.46. The maximum Gasteiger partial charge on any atom is 0.326 e. The van der Waals surface area contributed by atoms with Gasteiger partial charge < -0.3 is 20.3 Å². The van der Waals surface area contributed by atoms with E-state index in [0.717, 1.165) is 0 Å². The Morgan fingerprint density at radius 3 is 2.67 bits per heavy atom. The molecule has 7 heteroatoms. The minimum absolute atomic E-state index is 0.299. The summed E-state index contributed by atoms with van der Waals surface area (Å²) < 4.78 is 10.6. The van der Waals surface area contributed by atoms with Crippen molar-refractivity contribution in [1.29, 1.82) is 0 Å². The summed E-state index contributed by atoms with van der Waals surface area (Å²) in [5.41, 5.74) is 4.00. The molecule has 0 amide bonds. The fourth-order valence-corrected chi connectivity index (χ4v) is 2.46. The van der Waals surface area contributed by atoms with E-state index in [0.29, 0.717) is 6.42 Å². The smallest absolute Gasteiger partial charge is 0.326 e. The number of likely N-dealkylation sites (N-methyl/N-ethyl adjacent to an activating group) is 1. The fourth-order valence-electron chi connectivity index (χ4n) is 2.46. The zero-order chi connectivity index (χ0) is 15.7. The van der Waals surface area contributed by atoms with Gasteiger partial charge >= 0.3 is 11.9 Å². The highest BCUT2D eigenvalue weighted by Crippen LogP contribution is 2.38. The van der Waals surface area contributed by atoms with Crippen LogP contribution in [0.4, 0.5) is 0 Å². The Bertz CT molecular complexity index is 504. The molecular formula is C14H20N2O5. The Morgan fingerprint density at radius 1 is 1.38 bits per heavy atom. The van der Waals surface area contributed by atoms with Gasteiger partial charge in [0.25, 0.3) is 5.79 Å². The number of esters is 2. The molecule has 1 fully saturated rings. The summed E-state index contributed by atoms with van der Waals surface area (Å²) in [6, 6.07) is -1.16. The molecule has 1 aliphatic heterocycles. The number of ether oxygens (including phenoxy) is 2. The molecule has 0 bridgehead atoms. The van der Waals surface area contributed by atoms with Crippen molar-refractivity contribution in [2.24, 2.45) is 11.7 Å². The second kappa shape index (κ2) is 5.59. The van der Waals surface area contributed by atoms with Crippen molar-refractivity contribution in [3.8, 4) is 0 Å². The number of nitrogens with one attached hydrogen (secondary N) is 1. The second-order valence-corrected chi connectivity index (χ2v) is 5.34. The molecule has 1 saturated heterocycles.